The first-order valence-electron chi connectivity index (χ1n) is 4.81. The van der Waals surface area contributed by atoms with Gasteiger partial charge < -0.3 is 0 Å². The quantitative estimate of drug-likeness (QED) is 0.647. The van der Waals surface area contributed by atoms with E-state index in [1.54, 1.807) is 0 Å². The standard InChI is InChI=1S/C13H13N/c1-2-3-4-5-6-12-7-9-13(11-14)10-8-12/h7-10H,2,5-6H2,1H3. The lowest BCUT2D eigenvalue weighted by atomic mass is 10.1. The van der Waals surface area contributed by atoms with Crippen LogP contribution in [0.4, 0.5) is 0 Å². The second kappa shape index (κ2) is 5.84. The molecule has 0 aromatic heterocycles. The molecule has 1 nitrogen and oxygen atoms in total. The molecule has 14 heavy (non-hydrogen) atoms. The third-order valence-electron chi connectivity index (χ3n) is 1.92. The van der Waals surface area contributed by atoms with Crippen LogP contribution in [0, 0.1) is 23.2 Å². The van der Waals surface area contributed by atoms with E-state index in [1.807, 2.05) is 24.3 Å². The molecular weight excluding hydrogens is 170 g/mol. The van der Waals surface area contributed by atoms with Crippen LogP contribution in [0.1, 0.15) is 30.9 Å². The Morgan fingerprint density at radius 3 is 2.43 bits per heavy atom. The number of nitrogens with zero attached hydrogens (tertiary/aromatic N) is 1. The van der Waals surface area contributed by atoms with Gasteiger partial charge >= 0.3 is 0 Å². The second-order valence-corrected chi connectivity index (χ2v) is 3.02. The smallest absolute Gasteiger partial charge is 0.0991 e. The third-order valence-corrected chi connectivity index (χ3v) is 1.92. The van der Waals surface area contributed by atoms with E-state index in [0.717, 1.165) is 19.3 Å². The van der Waals surface area contributed by atoms with Crippen LogP contribution in [0.5, 0.6) is 0 Å². The Bertz CT molecular complexity index is 370. The minimum atomic E-state index is 0.716. The number of aryl methyl sites for hydroxylation is 1. The highest BCUT2D eigenvalue weighted by molar-refractivity contribution is 5.31. The molecule has 0 fully saturated rings. The van der Waals surface area contributed by atoms with Gasteiger partial charge in [-0.25, -0.2) is 0 Å². The summed E-state index contributed by atoms with van der Waals surface area (Å²) in [7, 11) is 0. The summed E-state index contributed by atoms with van der Waals surface area (Å²) in [6.45, 7) is 2.05. The SMILES string of the molecule is CCC#CCCc1ccc(C#N)cc1. The Labute approximate surface area is 85.4 Å². The molecule has 0 unspecified atom stereocenters. The summed E-state index contributed by atoms with van der Waals surface area (Å²) >= 11 is 0. The molecule has 1 aromatic rings. The summed E-state index contributed by atoms with van der Waals surface area (Å²) in [5.74, 6) is 6.14. The Kier molecular flexibility index (Phi) is 4.32. The summed E-state index contributed by atoms with van der Waals surface area (Å²) in [5, 5.41) is 8.60. The number of nitriles is 1. The van der Waals surface area contributed by atoms with Gasteiger partial charge in [-0.15, -0.1) is 11.8 Å². The van der Waals surface area contributed by atoms with Gasteiger partial charge in [-0.2, -0.15) is 5.26 Å². The normalized spacial score (nSPS) is 8.57. The molecular formula is C13H13N. The van der Waals surface area contributed by atoms with Gasteiger partial charge in [-0.05, 0) is 24.1 Å². The fraction of sp³-hybridized carbons (Fsp3) is 0.308. The van der Waals surface area contributed by atoms with Crippen molar-refractivity contribution < 1.29 is 0 Å². The highest BCUT2D eigenvalue weighted by Gasteiger charge is 1.92. The van der Waals surface area contributed by atoms with Gasteiger partial charge in [0.05, 0.1) is 11.6 Å². The minimum absolute atomic E-state index is 0.716. The maximum atomic E-state index is 8.60. The highest BCUT2D eigenvalue weighted by atomic mass is 14.2. The Morgan fingerprint density at radius 1 is 1.14 bits per heavy atom. The molecule has 0 saturated heterocycles. The molecule has 1 rings (SSSR count). The molecule has 0 radical (unpaired) electrons. The highest BCUT2D eigenvalue weighted by Crippen LogP contribution is 2.05. The Balaban J connectivity index is 2.49. The molecule has 0 bridgehead atoms. The van der Waals surface area contributed by atoms with Crippen molar-refractivity contribution in [2.75, 3.05) is 0 Å². The van der Waals surface area contributed by atoms with E-state index in [-0.39, 0.29) is 0 Å². The van der Waals surface area contributed by atoms with E-state index < -0.39 is 0 Å². The molecule has 0 heterocycles. The molecule has 0 spiro atoms. The third kappa shape index (κ3) is 3.33. The first-order chi connectivity index (χ1) is 6.86. The Morgan fingerprint density at radius 2 is 1.86 bits per heavy atom. The molecule has 1 aromatic carbocycles. The lowest BCUT2D eigenvalue weighted by Crippen LogP contribution is -1.83. The molecule has 0 aliphatic heterocycles. The van der Waals surface area contributed by atoms with Crippen LogP contribution in [-0.4, -0.2) is 0 Å². The summed E-state index contributed by atoms with van der Waals surface area (Å²) in [5.41, 5.74) is 1.96. The number of benzene rings is 1. The summed E-state index contributed by atoms with van der Waals surface area (Å²) in [4.78, 5) is 0. The molecule has 0 aliphatic rings. The first-order valence-corrected chi connectivity index (χ1v) is 4.81. The van der Waals surface area contributed by atoms with Gasteiger partial charge in [-0.1, -0.05) is 19.1 Å². The van der Waals surface area contributed by atoms with Gasteiger partial charge in [0.25, 0.3) is 0 Å². The predicted octanol–water partition coefficient (Wildman–Crippen LogP) is 2.90. The lowest BCUT2D eigenvalue weighted by Gasteiger charge is -1.96. The summed E-state index contributed by atoms with van der Waals surface area (Å²) in [6.07, 6.45) is 2.80. The van der Waals surface area contributed by atoms with Crippen molar-refractivity contribution >= 4 is 0 Å². The molecule has 70 valence electrons. The number of hydrogen-bond donors (Lipinski definition) is 0. The van der Waals surface area contributed by atoms with Crippen molar-refractivity contribution in [3.05, 3.63) is 35.4 Å². The van der Waals surface area contributed by atoms with Crippen molar-refractivity contribution in [1.82, 2.24) is 0 Å². The van der Waals surface area contributed by atoms with Crippen molar-refractivity contribution in [1.29, 1.82) is 5.26 Å². The van der Waals surface area contributed by atoms with E-state index >= 15 is 0 Å². The molecule has 0 N–H and O–H groups in total. The average Bonchev–Trinajstić information content (AvgIpc) is 2.25. The van der Waals surface area contributed by atoms with Crippen LogP contribution < -0.4 is 0 Å². The average molecular weight is 183 g/mol. The van der Waals surface area contributed by atoms with E-state index in [4.69, 9.17) is 5.26 Å². The largest absolute Gasteiger partial charge is 0.192 e. The fourth-order valence-electron chi connectivity index (χ4n) is 1.17. The van der Waals surface area contributed by atoms with E-state index in [0.29, 0.717) is 5.56 Å². The van der Waals surface area contributed by atoms with Crippen LogP contribution in [0.3, 0.4) is 0 Å². The van der Waals surface area contributed by atoms with Gasteiger partial charge in [0, 0.05) is 12.8 Å². The summed E-state index contributed by atoms with van der Waals surface area (Å²) < 4.78 is 0. The van der Waals surface area contributed by atoms with E-state index in [9.17, 15) is 0 Å². The van der Waals surface area contributed by atoms with Crippen LogP contribution in [0.15, 0.2) is 24.3 Å². The van der Waals surface area contributed by atoms with Gasteiger partial charge in [0.1, 0.15) is 0 Å². The molecule has 1 heteroatoms. The first kappa shape index (κ1) is 10.4. The predicted molar refractivity (Wildman–Crippen MR) is 57.5 cm³/mol. The number of hydrogen-bond acceptors (Lipinski definition) is 1. The number of rotatable bonds is 2. The lowest BCUT2D eigenvalue weighted by molar-refractivity contribution is 1.02. The van der Waals surface area contributed by atoms with Crippen molar-refractivity contribution in [3.8, 4) is 17.9 Å². The van der Waals surface area contributed by atoms with Gasteiger partial charge in [0.15, 0.2) is 0 Å². The second-order valence-electron chi connectivity index (χ2n) is 3.02. The summed E-state index contributed by atoms with van der Waals surface area (Å²) in [6, 6.07) is 9.79. The van der Waals surface area contributed by atoms with Crippen LogP contribution in [0.2, 0.25) is 0 Å². The monoisotopic (exact) mass is 183 g/mol. The van der Waals surface area contributed by atoms with Crippen molar-refractivity contribution in [3.63, 3.8) is 0 Å². The van der Waals surface area contributed by atoms with Crippen LogP contribution >= 0.6 is 0 Å². The molecule has 0 atom stereocenters. The van der Waals surface area contributed by atoms with E-state index in [1.165, 1.54) is 5.56 Å². The van der Waals surface area contributed by atoms with Crippen LogP contribution in [-0.2, 0) is 6.42 Å². The molecule has 0 amide bonds. The maximum Gasteiger partial charge on any atom is 0.0991 e. The maximum absolute atomic E-state index is 8.60. The fourth-order valence-corrected chi connectivity index (χ4v) is 1.17. The van der Waals surface area contributed by atoms with Gasteiger partial charge in [-0.3, -0.25) is 0 Å². The molecule has 0 saturated carbocycles. The van der Waals surface area contributed by atoms with E-state index in [2.05, 4.69) is 24.8 Å². The Hall–Kier alpha value is -1.73. The molecule has 0 aliphatic carbocycles. The van der Waals surface area contributed by atoms with Crippen molar-refractivity contribution in [2.45, 2.75) is 26.2 Å². The zero-order valence-electron chi connectivity index (χ0n) is 8.38. The topological polar surface area (TPSA) is 23.8 Å². The zero-order valence-corrected chi connectivity index (χ0v) is 8.38. The van der Waals surface area contributed by atoms with Gasteiger partial charge in [0.2, 0.25) is 0 Å². The zero-order chi connectivity index (χ0) is 10.2. The van der Waals surface area contributed by atoms with Crippen molar-refractivity contribution in [2.24, 2.45) is 0 Å². The van der Waals surface area contributed by atoms with Crippen LogP contribution in [0.25, 0.3) is 0 Å². The minimum Gasteiger partial charge on any atom is -0.192 e.